The molecule has 1 amide bonds. The number of aliphatic carboxylic acids is 2. The SMILES string of the molecule is CNC(=O)CN1CCN(COC=O)CCN(CC(=O)O)CCN(CC(=O)O)CC1.[Lu]. The van der Waals surface area contributed by atoms with Crippen LogP contribution in [-0.4, -0.2) is 140 Å². The zero-order valence-corrected chi connectivity index (χ0v) is 18.7. The summed E-state index contributed by atoms with van der Waals surface area (Å²) in [5.41, 5.74) is 0. The number of likely N-dealkylation sites (N-methyl/N-ethyl adjacent to an activating group) is 1. The Hall–Kier alpha value is -1.05. The van der Waals surface area contributed by atoms with Gasteiger partial charge in [-0.25, -0.2) is 0 Å². The van der Waals surface area contributed by atoms with Gasteiger partial charge in [-0.05, 0) is 0 Å². The molecule has 0 aromatic heterocycles. The quantitative estimate of drug-likeness (QED) is 0.240. The monoisotopic (exact) mass is 592 g/mol. The van der Waals surface area contributed by atoms with Gasteiger partial charge < -0.3 is 20.3 Å². The number of hydrogen-bond acceptors (Lipinski definition) is 9. The second kappa shape index (κ2) is 16.6. The van der Waals surface area contributed by atoms with E-state index in [1.807, 2.05) is 9.80 Å². The Morgan fingerprint density at radius 3 is 1.50 bits per heavy atom. The largest absolute Gasteiger partial charge is 0.480 e. The fraction of sp³-hybridized carbons (Fsp3) is 0.765. The summed E-state index contributed by atoms with van der Waals surface area (Å²) in [4.78, 5) is 51.9. The number of amides is 1. The Morgan fingerprint density at radius 1 is 0.800 bits per heavy atom. The van der Waals surface area contributed by atoms with E-state index in [-0.39, 0.29) is 69.1 Å². The predicted molar refractivity (Wildman–Crippen MR) is 102 cm³/mol. The molecule has 0 bridgehead atoms. The summed E-state index contributed by atoms with van der Waals surface area (Å²) in [5, 5.41) is 20.9. The molecular weight excluding hydrogens is 561 g/mol. The predicted octanol–water partition coefficient (Wildman–Crippen LogP) is -2.75. The third-order valence-corrected chi connectivity index (χ3v) is 4.62. The van der Waals surface area contributed by atoms with Crippen molar-refractivity contribution >= 4 is 24.3 Å². The van der Waals surface area contributed by atoms with Gasteiger partial charge in [-0.1, -0.05) is 0 Å². The molecule has 0 atom stereocenters. The minimum absolute atomic E-state index is 0. The van der Waals surface area contributed by atoms with Crippen LogP contribution in [0.3, 0.4) is 0 Å². The van der Waals surface area contributed by atoms with Crippen molar-refractivity contribution in [3.63, 3.8) is 0 Å². The number of nitrogens with zero attached hydrogens (tertiary/aromatic N) is 4. The molecule has 1 fully saturated rings. The molecule has 0 aromatic rings. The van der Waals surface area contributed by atoms with Gasteiger partial charge in [-0.15, -0.1) is 0 Å². The third-order valence-electron chi connectivity index (χ3n) is 4.62. The number of nitrogens with one attached hydrogen (secondary N) is 1. The number of carboxylic acids is 2. The van der Waals surface area contributed by atoms with Gasteiger partial charge in [-0.2, -0.15) is 0 Å². The molecule has 0 aromatic carbocycles. The number of carbonyl (C=O) groups is 4. The fourth-order valence-corrected chi connectivity index (χ4v) is 2.98. The summed E-state index contributed by atoms with van der Waals surface area (Å²) in [6.45, 7) is 3.86. The number of ether oxygens (including phenoxy) is 1. The molecule has 1 aliphatic rings. The van der Waals surface area contributed by atoms with Crippen molar-refractivity contribution in [1.29, 1.82) is 0 Å². The summed E-state index contributed by atoms with van der Waals surface area (Å²) in [6.07, 6.45) is 0. The number of hydrogen-bond donors (Lipinski definition) is 3. The smallest absolute Gasteiger partial charge is 0.317 e. The van der Waals surface area contributed by atoms with Gasteiger partial charge in [0.15, 0.2) is 0 Å². The zero-order valence-electron chi connectivity index (χ0n) is 17.0. The van der Waals surface area contributed by atoms with Crippen LogP contribution in [-0.2, 0) is 23.9 Å². The zero-order chi connectivity index (χ0) is 21.6. The van der Waals surface area contributed by atoms with Gasteiger partial charge in [0.05, 0.1) is 19.6 Å². The van der Waals surface area contributed by atoms with Crippen molar-refractivity contribution < 1.29 is 71.0 Å². The maximum atomic E-state index is 11.8. The Kier molecular flexibility index (Phi) is 16.0. The van der Waals surface area contributed by atoms with Crippen LogP contribution >= 0.6 is 0 Å². The van der Waals surface area contributed by atoms with Crippen molar-refractivity contribution in [1.82, 2.24) is 24.9 Å². The second-order valence-corrected chi connectivity index (χ2v) is 6.80. The minimum atomic E-state index is -0.964. The van der Waals surface area contributed by atoms with E-state index in [0.29, 0.717) is 58.8 Å². The molecule has 0 saturated carbocycles. The molecule has 1 heterocycles. The van der Waals surface area contributed by atoms with E-state index < -0.39 is 11.9 Å². The van der Waals surface area contributed by atoms with Crippen LogP contribution in [0.2, 0.25) is 0 Å². The van der Waals surface area contributed by atoms with Crippen molar-refractivity contribution in [2.75, 3.05) is 85.8 Å². The molecular formula is C17H31LuN5O7. The Bertz CT molecular complexity index is 555. The average Bonchev–Trinajstić information content (AvgIpc) is 2.66. The fourth-order valence-electron chi connectivity index (χ4n) is 2.98. The first kappa shape index (κ1) is 29.0. The molecule has 13 heteroatoms. The first-order valence-corrected chi connectivity index (χ1v) is 9.43. The first-order chi connectivity index (χ1) is 13.8. The van der Waals surface area contributed by atoms with E-state index in [0.717, 1.165) is 0 Å². The van der Waals surface area contributed by atoms with E-state index in [2.05, 4.69) is 5.32 Å². The maximum absolute atomic E-state index is 11.8. The van der Waals surface area contributed by atoms with Gasteiger partial charge in [0.2, 0.25) is 5.91 Å². The summed E-state index contributed by atoms with van der Waals surface area (Å²) in [6, 6.07) is 0. The summed E-state index contributed by atoms with van der Waals surface area (Å²) in [7, 11) is 1.55. The first-order valence-electron chi connectivity index (χ1n) is 9.43. The van der Waals surface area contributed by atoms with Crippen LogP contribution in [0.1, 0.15) is 0 Å². The maximum Gasteiger partial charge on any atom is 0.317 e. The summed E-state index contributed by atoms with van der Waals surface area (Å²) < 4.78 is 4.85. The van der Waals surface area contributed by atoms with Gasteiger partial charge in [0.1, 0.15) is 6.73 Å². The molecule has 0 aliphatic carbocycles. The van der Waals surface area contributed by atoms with E-state index in [1.165, 1.54) is 0 Å². The van der Waals surface area contributed by atoms with Crippen molar-refractivity contribution in [2.24, 2.45) is 0 Å². The second-order valence-electron chi connectivity index (χ2n) is 6.80. The molecule has 12 nitrogen and oxygen atoms in total. The molecule has 0 spiro atoms. The van der Waals surface area contributed by atoms with Crippen LogP contribution in [0.25, 0.3) is 0 Å². The topological polar surface area (TPSA) is 143 Å². The van der Waals surface area contributed by atoms with E-state index in [9.17, 15) is 19.2 Å². The van der Waals surface area contributed by atoms with Crippen LogP contribution < -0.4 is 5.32 Å². The van der Waals surface area contributed by atoms with Gasteiger partial charge >= 0.3 is 11.9 Å². The molecule has 1 aliphatic heterocycles. The minimum Gasteiger partial charge on any atom is -0.480 e. The van der Waals surface area contributed by atoms with Crippen molar-refractivity contribution in [3.05, 3.63) is 0 Å². The molecule has 1 rings (SSSR count). The van der Waals surface area contributed by atoms with Crippen molar-refractivity contribution in [3.8, 4) is 0 Å². The number of rotatable bonds is 9. The van der Waals surface area contributed by atoms with Crippen LogP contribution in [0.15, 0.2) is 0 Å². The van der Waals surface area contributed by atoms with Gasteiger partial charge in [-0.3, -0.25) is 38.8 Å². The van der Waals surface area contributed by atoms with Crippen LogP contribution in [0.5, 0.6) is 0 Å². The Morgan fingerprint density at radius 2 is 1.17 bits per heavy atom. The van der Waals surface area contributed by atoms with Crippen LogP contribution in [0.4, 0.5) is 0 Å². The van der Waals surface area contributed by atoms with Crippen molar-refractivity contribution in [2.45, 2.75) is 0 Å². The van der Waals surface area contributed by atoms with E-state index in [1.54, 1.807) is 16.8 Å². The number of carbonyl (C=O) groups excluding carboxylic acids is 2. The molecule has 1 radical (unpaired) electrons. The standard InChI is InChI=1S/C17H31N5O7.Lu/c1-18-15(24)10-19-2-3-20(11-16(25)26)4-5-21(12-17(27)28)7-9-22(8-6-19)13-29-14-23;/h14H,2-13H2,1H3,(H,18,24)(H,25,26)(H,27,28);. The van der Waals surface area contributed by atoms with E-state index >= 15 is 0 Å². The summed E-state index contributed by atoms with van der Waals surface area (Å²) in [5.74, 6) is -2.07. The Balaban J connectivity index is 0.00000841. The van der Waals surface area contributed by atoms with Gasteiger partial charge in [0, 0.05) is 96.3 Å². The average molecular weight is 592 g/mol. The normalized spacial score (nSPS) is 18.3. The molecule has 1 saturated heterocycles. The molecule has 181 valence electrons. The van der Waals surface area contributed by atoms with E-state index in [4.69, 9.17) is 14.9 Å². The van der Waals surface area contributed by atoms with Gasteiger partial charge in [0.25, 0.3) is 6.47 Å². The molecule has 30 heavy (non-hydrogen) atoms. The summed E-state index contributed by atoms with van der Waals surface area (Å²) >= 11 is 0. The molecule has 0 unspecified atom stereocenters. The van der Waals surface area contributed by atoms with Crippen LogP contribution in [0, 0.1) is 36.9 Å². The Labute approximate surface area is 205 Å². The third kappa shape index (κ3) is 13.3. The molecule has 3 N–H and O–H groups in total. The number of carboxylic acid groups (broad SMARTS) is 2.